The molecule has 2 aromatic carbocycles. The minimum absolute atomic E-state index is 0.0857. The van der Waals surface area contributed by atoms with Crippen molar-refractivity contribution >= 4 is 23.1 Å². The van der Waals surface area contributed by atoms with Crippen molar-refractivity contribution in [2.24, 2.45) is 0 Å². The van der Waals surface area contributed by atoms with Gasteiger partial charge in [0.15, 0.2) is 5.78 Å². The first kappa shape index (κ1) is 17.3. The van der Waals surface area contributed by atoms with Crippen LogP contribution in [0.4, 0.5) is 11.4 Å². The van der Waals surface area contributed by atoms with Gasteiger partial charge in [0.05, 0.1) is 22.7 Å². The van der Waals surface area contributed by atoms with E-state index in [4.69, 9.17) is 0 Å². The van der Waals surface area contributed by atoms with Gasteiger partial charge in [0.25, 0.3) is 5.69 Å². The molecule has 0 heterocycles. The Morgan fingerprint density at radius 2 is 1.79 bits per heavy atom. The fourth-order valence-corrected chi connectivity index (χ4v) is 2.16. The summed E-state index contributed by atoms with van der Waals surface area (Å²) in [5.41, 5.74) is 0.518. The molecule has 24 heavy (non-hydrogen) atoms. The number of non-ortho nitro benzene ring substituents is 1. The Morgan fingerprint density at radius 3 is 2.38 bits per heavy atom. The molecular formula is C17H17N3O4. The number of likely N-dealkylation sites (N-methyl/N-ethyl adjacent to an activating group) is 1. The lowest BCUT2D eigenvalue weighted by Crippen LogP contribution is -2.27. The van der Waals surface area contributed by atoms with Gasteiger partial charge in [-0.25, -0.2) is 0 Å². The zero-order chi connectivity index (χ0) is 17.7. The Kier molecular flexibility index (Phi) is 5.39. The number of nitrogens with zero attached hydrogens (tertiary/aromatic N) is 2. The van der Waals surface area contributed by atoms with Crippen LogP contribution in [0.15, 0.2) is 48.5 Å². The van der Waals surface area contributed by atoms with E-state index in [1.54, 1.807) is 49.3 Å². The van der Waals surface area contributed by atoms with Crippen LogP contribution in [0.25, 0.3) is 0 Å². The quantitative estimate of drug-likeness (QED) is 0.499. The maximum Gasteiger partial charge on any atom is 0.270 e. The highest BCUT2D eigenvalue weighted by atomic mass is 16.6. The van der Waals surface area contributed by atoms with Crippen LogP contribution in [0.5, 0.6) is 0 Å². The smallest absolute Gasteiger partial charge is 0.270 e. The van der Waals surface area contributed by atoms with E-state index in [-0.39, 0.29) is 35.2 Å². The number of anilines is 1. The lowest BCUT2D eigenvalue weighted by atomic mass is 10.0. The number of hydrogen-bond acceptors (Lipinski definition) is 5. The molecule has 0 bridgehead atoms. The number of ketones is 1. The summed E-state index contributed by atoms with van der Waals surface area (Å²) in [4.78, 5) is 36.7. The number of nitro groups is 1. The fraction of sp³-hybridized carbons (Fsp3) is 0.176. The summed E-state index contributed by atoms with van der Waals surface area (Å²) >= 11 is 0. The van der Waals surface area contributed by atoms with Crippen molar-refractivity contribution in [2.75, 3.05) is 26.0 Å². The molecule has 7 heteroatoms. The van der Waals surface area contributed by atoms with Crippen LogP contribution in [-0.4, -0.2) is 42.2 Å². The van der Waals surface area contributed by atoms with Crippen molar-refractivity contribution in [3.63, 3.8) is 0 Å². The molecule has 0 unspecified atom stereocenters. The topological polar surface area (TPSA) is 92.6 Å². The van der Waals surface area contributed by atoms with Gasteiger partial charge in [-0.1, -0.05) is 30.3 Å². The lowest BCUT2D eigenvalue weighted by molar-refractivity contribution is -0.384. The summed E-state index contributed by atoms with van der Waals surface area (Å²) < 4.78 is 0. The second kappa shape index (κ2) is 7.47. The zero-order valence-electron chi connectivity index (χ0n) is 13.4. The van der Waals surface area contributed by atoms with Gasteiger partial charge in [-0.2, -0.15) is 0 Å². The summed E-state index contributed by atoms with van der Waals surface area (Å²) in [7, 11) is 3.48. The molecule has 2 aromatic rings. The van der Waals surface area contributed by atoms with Crippen LogP contribution in [0.1, 0.15) is 15.9 Å². The summed E-state index contributed by atoms with van der Waals surface area (Å²) in [5, 5.41) is 13.6. The van der Waals surface area contributed by atoms with Gasteiger partial charge in [0.2, 0.25) is 5.91 Å². The van der Waals surface area contributed by atoms with E-state index in [2.05, 4.69) is 5.32 Å². The maximum absolute atomic E-state index is 12.7. The Labute approximate surface area is 139 Å². The molecule has 0 atom stereocenters. The van der Waals surface area contributed by atoms with Crippen molar-refractivity contribution in [1.29, 1.82) is 0 Å². The fourth-order valence-electron chi connectivity index (χ4n) is 2.16. The van der Waals surface area contributed by atoms with Crippen LogP contribution < -0.4 is 5.32 Å². The first-order valence-corrected chi connectivity index (χ1v) is 7.21. The van der Waals surface area contributed by atoms with E-state index in [1.807, 2.05) is 0 Å². The van der Waals surface area contributed by atoms with E-state index in [0.717, 1.165) is 0 Å². The van der Waals surface area contributed by atoms with E-state index in [0.29, 0.717) is 5.56 Å². The highest BCUT2D eigenvalue weighted by Gasteiger charge is 2.19. The van der Waals surface area contributed by atoms with Crippen LogP contribution in [0.2, 0.25) is 0 Å². The monoisotopic (exact) mass is 327 g/mol. The molecule has 0 fully saturated rings. The Morgan fingerprint density at radius 1 is 1.12 bits per heavy atom. The second-order valence-electron chi connectivity index (χ2n) is 5.47. The maximum atomic E-state index is 12.7. The molecule has 1 N–H and O–H groups in total. The normalized spacial score (nSPS) is 10.5. The predicted octanol–water partition coefficient (Wildman–Crippen LogP) is 2.33. The van der Waals surface area contributed by atoms with Gasteiger partial charge in [-0.05, 0) is 20.2 Å². The van der Waals surface area contributed by atoms with Crippen molar-refractivity contribution in [1.82, 2.24) is 4.90 Å². The molecule has 124 valence electrons. The minimum Gasteiger partial charge on any atom is -0.324 e. The molecule has 0 spiro atoms. The number of rotatable bonds is 6. The number of carbonyl (C=O) groups is 2. The largest absolute Gasteiger partial charge is 0.324 e. The number of carbonyl (C=O) groups excluding carboxylic acids is 2. The zero-order valence-corrected chi connectivity index (χ0v) is 13.4. The summed E-state index contributed by atoms with van der Waals surface area (Å²) in [5.74, 6) is -0.699. The van der Waals surface area contributed by atoms with Gasteiger partial charge in [-0.3, -0.25) is 19.7 Å². The standard InChI is InChI=1S/C17H17N3O4/c1-19(2)11-16(21)18-15-9-8-13(20(23)24)10-14(15)17(22)12-6-4-3-5-7-12/h3-10H,11H2,1-2H3,(H,18,21). The second-order valence-corrected chi connectivity index (χ2v) is 5.47. The molecule has 0 saturated carbocycles. The third kappa shape index (κ3) is 4.23. The molecule has 0 aliphatic rings. The number of amides is 1. The summed E-state index contributed by atoms with van der Waals surface area (Å²) in [6, 6.07) is 12.2. The van der Waals surface area contributed by atoms with Crippen molar-refractivity contribution in [2.45, 2.75) is 0 Å². The van der Waals surface area contributed by atoms with Crippen LogP contribution in [0.3, 0.4) is 0 Å². The Bertz CT molecular complexity index is 773. The molecular weight excluding hydrogens is 310 g/mol. The molecule has 0 aliphatic heterocycles. The molecule has 7 nitrogen and oxygen atoms in total. The van der Waals surface area contributed by atoms with Crippen molar-refractivity contribution in [3.05, 3.63) is 69.8 Å². The Balaban J connectivity index is 2.42. The molecule has 0 radical (unpaired) electrons. The Hall–Kier alpha value is -3.06. The van der Waals surface area contributed by atoms with Gasteiger partial charge < -0.3 is 10.2 Å². The first-order valence-electron chi connectivity index (χ1n) is 7.21. The lowest BCUT2D eigenvalue weighted by Gasteiger charge is -2.13. The highest BCUT2D eigenvalue weighted by molar-refractivity contribution is 6.14. The molecule has 0 aliphatic carbocycles. The number of benzene rings is 2. The van der Waals surface area contributed by atoms with E-state index in [1.165, 1.54) is 18.2 Å². The third-order valence-electron chi connectivity index (χ3n) is 3.23. The van der Waals surface area contributed by atoms with Gasteiger partial charge >= 0.3 is 0 Å². The van der Waals surface area contributed by atoms with Crippen molar-refractivity contribution < 1.29 is 14.5 Å². The molecule has 2 rings (SSSR count). The van der Waals surface area contributed by atoms with Crippen LogP contribution in [0, 0.1) is 10.1 Å². The SMILES string of the molecule is CN(C)CC(=O)Nc1ccc([N+](=O)[O-])cc1C(=O)c1ccccc1. The average molecular weight is 327 g/mol. The number of nitro benzene ring substituents is 1. The average Bonchev–Trinajstić information content (AvgIpc) is 2.54. The van der Waals surface area contributed by atoms with E-state index >= 15 is 0 Å². The minimum atomic E-state index is -0.576. The van der Waals surface area contributed by atoms with Gasteiger partial charge in [0.1, 0.15) is 0 Å². The van der Waals surface area contributed by atoms with Gasteiger partial charge in [-0.15, -0.1) is 0 Å². The summed E-state index contributed by atoms with van der Waals surface area (Å²) in [6.45, 7) is 0.135. The van der Waals surface area contributed by atoms with Crippen LogP contribution in [-0.2, 0) is 4.79 Å². The molecule has 1 amide bonds. The number of hydrogen-bond donors (Lipinski definition) is 1. The van der Waals surface area contributed by atoms with Gasteiger partial charge in [0, 0.05) is 17.7 Å². The first-order chi connectivity index (χ1) is 11.4. The predicted molar refractivity (Wildman–Crippen MR) is 90.2 cm³/mol. The summed E-state index contributed by atoms with van der Waals surface area (Å²) in [6.07, 6.45) is 0. The third-order valence-corrected chi connectivity index (χ3v) is 3.23. The molecule has 0 saturated heterocycles. The van der Waals surface area contributed by atoms with E-state index in [9.17, 15) is 19.7 Å². The van der Waals surface area contributed by atoms with Crippen LogP contribution >= 0.6 is 0 Å². The number of nitrogens with one attached hydrogen (secondary N) is 1. The molecule has 0 aromatic heterocycles. The van der Waals surface area contributed by atoms with E-state index < -0.39 is 4.92 Å². The van der Waals surface area contributed by atoms with Crippen molar-refractivity contribution in [3.8, 4) is 0 Å². The highest BCUT2D eigenvalue weighted by Crippen LogP contribution is 2.25.